The molecular formula is C16H15ClF2O2. The SMILES string of the molecule is CCCOc1cccc(C(O)c2cc(F)c(F)cc2Cl)c1. The van der Waals surface area contributed by atoms with Crippen molar-refractivity contribution in [2.75, 3.05) is 6.61 Å². The molecule has 0 heterocycles. The smallest absolute Gasteiger partial charge is 0.160 e. The van der Waals surface area contributed by atoms with Crippen LogP contribution >= 0.6 is 11.6 Å². The van der Waals surface area contributed by atoms with Crippen molar-refractivity contribution in [3.8, 4) is 5.75 Å². The van der Waals surface area contributed by atoms with Crippen LogP contribution in [0.1, 0.15) is 30.6 Å². The first-order valence-corrected chi connectivity index (χ1v) is 6.96. The Balaban J connectivity index is 2.31. The molecule has 0 aromatic heterocycles. The minimum atomic E-state index is -1.15. The van der Waals surface area contributed by atoms with Crippen molar-refractivity contribution >= 4 is 11.6 Å². The van der Waals surface area contributed by atoms with Crippen LogP contribution in [0.25, 0.3) is 0 Å². The highest BCUT2D eigenvalue weighted by Crippen LogP contribution is 2.31. The van der Waals surface area contributed by atoms with Gasteiger partial charge < -0.3 is 9.84 Å². The molecule has 21 heavy (non-hydrogen) atoms. The number of aliphatic hydroxyl groups excluding tert-OH is 1. The van der Waals surface area contributed by atoms with Crippen molar-refractivity contribution in [3.63, 3.8) is 0 Å². The maximum absolute atomic E-state index is 13.3. The molecule has 2 nitrogen and oxygen atoms in total. The zero-order chi connectivity index (χ0) is 15.4. The number of ether oxygens (including phenoxy) is 1. The van der Waals surface area contributed by atoms with Gasteiger partial charge in [-0.2, -0.15) is 0 Å². The van der Waals surface area contributed by atoms with Crippen LogP contribution in [0.15, 0.2) is 36.4 Å². The maximum Gasteiger partial charge on any atom is 0.160 e. The Morgan fingerprint density at radius 2 is 1.90 bits per heavy atom. The molecular weight excluding hydrogens is 298 g/mol. The topological polar surface area (TPSA) is 29.5 Å². The first-order valence-electron chi connectivity index (χ1n) is 6.58. The molecule has 2 rings (SSSR count). The highest BCUT2D eigenvalue weighted by molar-refractivity contribution is 6.31. The highest BCUT2D eigenvalue weighted by atomic mass is 35.5. The Bertz CT molecular complexity index is 632. The van der Waals surface area contributed by atoms with Crippen LogP contribution in [0, 0.1) is 11.6 Å². The van der Waals surface area contributed by atoms with Crippen molar-refractivity contribution < 1.29 is 18.6 Å². The maximum atomic E-state index is 13.3. The third-order valence-electron chi connectivity index (χ3n) is 2.98. The first kappa shape index (κ1) is 15.7. The number of hydrogen-bond donors (Lipinski definition) is 1. The summed E-state index contributed by atoms with van der Waals surface area (Å²) in [6.45, 7) is 2.55. The minimum absolute atomic E-state index is 0.0266. The number of hydrogen-bond acceptors (Lipinski definition) is 2. The predicted octanol–water partition coefficient (Wildman–Crippen LogP) is 4.49. The number of rotatable bonds is 5. The molecule has 112 valence electrons. The fourth-order valence-corrected chi connectivity index (χ4v) is 2.18. The molecule has 2 aromatic rings. The van der Waals surface area contributed by atoms with E-state index >= 15 is 0 Å². The fraction of sp³-hybridized carbons (Fsp3) is 0.250. The standard InChI is InChI=1S/C16H15ClF2O2/c1-2-6-21-11-5-3-4-10(7-11)16(20)12-8-14(18)15(19)9-13(12)17/h3-5,7-9,16,20H,2,6H2,1H3. The second-order valence-corrected chi connectivity index (χ2v) is 5.02. The Kier molecular flexibility index (Phi) is 5.15. The molecule has 0 bridgehead atoms. The summed E-state index contributed by atoms with van der Waals surface area (Å²) in [4.78, 5) is 0. The highest BCUT2D eigenvalue weighted by Gasteiger charge is 2.17. The van der Waals surface area contributed by atoms with Gasteiger partial charge in [-0.25, -0.2) is 8.78 Å². The van der Waals surface area contributed by atoms with Gasteiger partial charge in [0.1, 0.15) is 11.9 Å². The average Bonchev–Trinajstić information content (AvgIpc) is 2.48. The molecule has 0 amide bonds. The van der Waals surface area contributed by atoms with Crippen LogP contribution < -0.4 is 4.74 Å². The Labute approximate surface area is 126 Å². The van der Waals surface area contributed by atoms with Crippen LogP contribution in [-0.4, -0.2) is 11.7 Å². The average molecular weight is 313 g/mol. The van der Waals surface area contributed by atoms with E-state index in [0.717, 1.165) is 18.6 Å². The Morgan fingerprint density at radius 3 is 2.62 bits per heavy atom. The fourth-order valence-electron chi connectivity index (χ4n) is 1.92. The lowest BCUT2D eigenvalue weighted by Gasteiger charge is -2.15. The molecule has 0 aliphatic carbocycles. The van der Waals surface area contributed by atoms with Crippen molar-refractivity contribution in [1.82, 2.24) is 0 Å². The number of benzene rings is 2. The van der Waals surface area contributed by atoms with Gasteiger partial charge in [-0.15, -0.1) is 0 Å². The zero-order valence-corrected chi connectivity index (χ0v) is 12.2. The van der Waals surface area contributed by atoms with Crippen LogP contribution in [0.3, 0.4) is 0 Å². The third-order valence-corrected chi connectivity index (χ3v) is 3.31. The lowest BCUT2D eigenvalue weighted by Crippen LogP contribution is -2.03. The van der Waals surface area contributed by atoms with Gasteiger partial charge in [0.25, 0.3) is 0 Å². The first-order chi connectivity index (χ1) is 10.0. The van der Waals surface area contributed by atoms with E-state index in [1.807, 2.05) is 6.92 Å². The summed E-state index contributed by atoms with van der Waals surface area (Å²) in [5, 5.41) is 10.3. The van der Waals surface area contributed by atoms with E-state index in [1.165, 1.54) is 0 Å². The van der Waals surface area contributed by atoms with E-state index in [-0.39, 0.29) is 10.6 Å². The van der Waals surface area contributed by atoms with Crippen molar-refractivity contribution in [2.45, 2.75) is 19.4 Å². The van der Waals surface area contributed by atoms with E-state index in [9.17, 15) is 13.9 Å². The summed E-state index contributed by atoms with van der Waals surface area (Å²) in [5.74, 6) is -1.49. The van der Waals surface area contributed by atoms with Crippen molar-refractivity contribution in [2.24, 2.45) is 0 Å². The molecule has 5 heteroatoms. The van der Waals surface area contributed by atoms with Gasteiger partial charge in [0.2, 0.25) is 0 Å². The Morgan fingerprint density at radius 1 is 1.19 bits per heavy atom. The third kappa shape index (κ3) is 3.71. The van der Waals surface area contributed by atoms with Gasteiger partial charge in [0, 0.05) is 10.6 Å². The molecule has 0 saturated carbocycles. The van der Waals surface area contributed by atoms with Gasteiger partial charge in [0.05, 0.1) is 6.61 Å². The van der Waals surface area contributed by atoms with E-state index in [2.05, 4.69) is 0 Å². The van der Waals surface area contributed by atoms with E-state index in [1.54, 1.807) is 24.3 Å². The summed E-state index contributed by atoms with van der Waals surface area (Å²) in [5.41, 5.74) is 0.611. The summed E-state index contributed by atoms with van der Waals surface area (Å²) in [7, 11) is 0. The minimum Gasteiger partial charge on any atom is -0.494 e. The van der Waals surface area contributed by atoms with E-state index < -0.39 is 17.7 Å². The molecule has 0 spiro atoms. The molecule has 0 fully saturated rings. The number of halogens is 3. The molecule has 1 atom stereocenters. The molecule has 0 radical (unpaired) electrons. The monoisotopic (exact) mass is 312 g/mol. The summed E-state index contributed by atoms with van der Waals surface area (Å²) in [6, 6.07) is 8.56. The van der Waals surface area contributed by atoms with Crippen LogP contribution in [-0.2, 0) is 0 Å². The normalized spacial score (nSPS) is 12.2. The van der Waals surface area contributed by atoms with Crippen LogP contribution in [0.4, 0.5) is 8.78 Å². The van der Waals surface area contributed by atoms with Gasteiger partial charge in [0.15, 0.2) is 11.6 Å². The molecule has 1 N–H and O–H groups in total. The lowest BCUT2D eigenvalue weighted by molar-refractivity contribution is 0.218. The zero-order valence-electron chi connectivity index (χ0n) is 11.4. The Hall–Kier alpha value is -1.65. The summed E-state index contributed by atoms with van der Waals surface area (Å²) >= 11 is 5.87. The van der Waals surface area contributed by atoms with Crippen LogP contribution in [0.5, 0.6) is 5.75 Å². The van der Waals surface area contributed by atoms with Gasteiger partial charge in [-0.1, -0.05) is 30.7 Å². The molecule has 0 aliphatic rings. The second kappa shape index (κ2) is 6.87. The summed E-state index contributed by atoms with van der Waals surface area (Å²) in [6.07, 6.45) is -0.292. The van der Waals surface area contributed by atoms with Crippen LogP contribution in [0.2, 0.25) is 5.02 Å². The molecule has 2 aromatic carbocycles. The van der Waals surface area contributed by atoms with Gasteiger partial charge in [-0.3, -0.25) is 0 Å². The van der Waals surface area contributed by atoms with Crippen molar-refractivity contribution in [1.29, 1.82) is 0 Å². The van der Waals surface area contributed by atoms with Gasteiger partial charge in [-0.05, 0) is 36.2 Å². The van der Waals surface area contributed by atoms with E-state index in [4.69, 9.17) is 16.3 Å². The van der Waals surface area contributed by atoms with Gasteiger partial charge >= 0.3 is 0 Å². The van der Waals surface area contributed by atoms with E-state index in [0.29, 0.717) is 17.9 Å². The van der Waals surface area contributed by atoms with Crippen molar-refractivity contribution in [3.05, 3.63) is 64.2 Å². The largest absolute Gasteiger partial charge is 0.494 e. The molecule has 1 unspecified atom stereocenters. The molecule has 0 saturated heterocycles. The second-order valence-electron chi connectivity index (χ2n) is 4.61. The number of aliphatic hydroxyl groups is 1. The predicted molar refractivity (Wildman–Crippen MR) is 77.7 cm³/mol. The quantitative estimate of drug-likeness (QED) is 0.824. The summed E-state index contributed by atoms with van der Waals surface area (Å²) < 4.78 is 31.9. The molecule has 0 aliphatic heterocycles. The lowest BCUT2D eigenvalue weighted by atomic mass is 10.0.